The number of anilines is 2. The molecule has 2 aromatic rings. The maximum Gasteiger partial charge on any atom is 0.206 e. The third-order valence-corrected chi connectivity index (χ3v) is 14.6. The number of Topliss-reactive ketones (excluding diaryl/α,β-unsaturated/α-hetero) is 1. The first kappa shape index (κ1) is 52.7. The van der Waals surface area contributed by atoms with Gasteiger partial charge in [-0.25, -0.2) is 4.39 Å². The van der Waals surface area contributed by atoms with Gasteiger partial charge in [-0.3, -0.25) is 14.0 Å². The number of allylic oxidation sites excluding steroid dienone is 5. The Morgan fingerprint density at radius 3 is 2.11 bits per heavy atom. The number of ketones is 1. The number of piperidine rings is 1. The van der Waals surface area contributed by atoms with Crippen LogP contribution in [0.25, 0.3) is 0 Å². The van der Waals surface area contributed by atoms with Crippen molar-refractivity contribution in [1.29, 1.82) is 0 Å². The molecule has 3 aliphatic heterocycles. The highest BCUT2D eigenvalue weighted by molar-refractivity contribution is 9.12. The van der Waals surface area contributed by atoms with Crippen LogP contribution in [0.4, 0.5) is 20.2 Å². The topological polar surface area (TPSA) is 73.0 Å². The fourth-order valence-corrected chi connectivity index (χ4v) is 11.6. The Hall–Kier alpha value is -3.89. The van der Waals surface area contributed by atoms with Crippen LogP contribution >= 0.6 is 15.9 Å². The number of nitrogens with one attached hydrogen (secondary N) is 1. The van der Waals surface area contributed by atoms with Gasteiger partial charge in [0.05, 0.1) is 24.1 Å². The molecule has 0 radical (unpaired) electrons. The molecule has 5 aliphatic rings. The molecule has 2 aliphatic carbocycles. The van der Waals surface area contributed by atoms with E-state index in [4.69, 9.17) is 11.4 Å². The number of fused-ring (bicyclic) bond motifs is 2. The minimum Gasteiger partial charge on any atom is -0.371 e. The predicted octanol–water partition coefficient (Wildman–Crippen LogP) is 13.0. The smallest absolute Gasteiger partial charge is 0.206 e. The van der Waals surface area contributed by atoms with Crippen molar-refractivity contribution in [3.8, 4) is 0 Å². The van der Waals surface area contributed by atoms with Crippen LogP contribution in [0.3, 0.4) is 0 Å². The average molecular weight is 948 g/mol. The molecule has 0 bridgehead atoms. The molecule has 2 spiro atoms. The van der Waals surface area contributed by atoms with Gasteiger partial charge in [0.25, 0.3) is 0 Å². The molecule has 0 aromatic heterocycles. The third-order valence-electron chi connectivity index (χ3n) is 14.2. The monoisotopic (exact) mass is 947 g/mol. The van der Waals surface area contributed by atoms with Crippen molar-refractivity contribution in [2.75, 3.05) is 56.7 Å². The van der Waals surface area contributed by atoms with Crippen molar-refractivity contribution < 1.29 is 23.2 Å². The lowest BCUT2D eigenvalue weighted by atomic mass is 9.68. The van der Waals surface area contributed by atoms with Crippen molar-refractivity contribution in [3.05, 3.63) is 106 Å². The van der Waals surface area contributed by atoms with E-state index in [-0.39, 0.29) is 22.9 Å². The fourth-order valence-electron chi connectivity index (χ4n) is 11.1. The molecule has 2 saturated carbocycles. The molecule has 1 amide bonds. The number of hydrogen-bond donors (Lipinski definition) is 1. The number of nitrogens with zero attached hydrogens (tertiary/aromatic N) is 3. The first-order valence-corrected chi connectivity index (χ1v) is 24.7. The number of likely N-dealkylation sites (tertiary alicyclic amines) is 1. The van der Waals surface area contributed by atoms with E-state index in [1.807, 2.05) is 32.1 Å². The van der Waals surface area contributed by atoms with E-state index in [0.29, 0.717) is 47.0 Å². The largest absolute Gasteiger partial charge is 0.371 e. The van der Waals surface area contributed by atoms with Crippen LogP contribution in [-0.4, -0.2) is 70.3 Å². The highest BCUT2D eigenvalue weighted by Crippen LogP contribution is 2.57. The lowest BCUT2D eigenvalue weighted by molar-refractivity contribution is -0.113. The van der Waals surface area contributed by atoms with Gasteiger partial charge >= 0.3 is 0 Å². The quantitative estimate of drug-likeness (QED) is 0.123. The molecular formula is C54H77BrF2N4O3. The first-order chi connectivity index (χ1) is 30.9. The second-order valence-corrected chi connectivity index (χ2v) is 19.6. The van der Waals surface area contributed by atoms with Crippen molar-refractivity contribution in [2.24, 2.45) is 11.3 Å². The Labute approximate surface area is 393 Å². The van der Waals surface area contributed by atoms with Gasteiger partial charge in [0.2, 0.25) is 6.41 Å². The molecule has 1 N–H and O–H groups in total. The van der Waals surface area contributed by atoms with Gasteiger partial charge in [0.1, 0.15) is 12.1 Å². The third kappa shape index (κ3) is 12.1. The van der Waals surface area contributed by atoms with Crippen LogP contribution in [0.15, 0.2) is 83.2 Å². The molecule has 352 valence electrons. The van der Waals surface area contributed by atoms with Crippen LogP contribution in [0.2, 0.25) is 0 Å². The second-order valence-electron chi connectivity index (χ2n) is 18.6. The van der Waals surface area contributed by atoms with Crippen LogP contribution < -0.4 is 15.1 Å². The summed E-state index contributed by atoms with van der Waals surface area (Å²) in [4.78, 5) is 41.0. The Bertz CT molecular complexity index is 1930. The normalized spacial score (nSPS) is 21.8. The first-order valence-electron chi connectivity index (χ1n) is 23.9. The van der Waals surface area contributed by atoms with E-state index >= 15 is 4.39 Å². The molecular weight excluding hydrogens is 871 g/mol. The Morgan fingerprint density at radius 1 is 0.969 bits per heavy atom. The molecule has 64 heavy (non-hydrogen) atoms. The Morgan fingerprint density at radius 2 is 1.59 bits per heavy atom. The predicted molar refractivity (Wildman–Crippen MR) is 267 cm³/mol. The minimum atomic E-state index is -0.354. The van der Waals surface area contributed by atoms with Crippen molar-refractivity contribution in [2.45, 2.75) is 142 Å². The summed E-state index contributed by atoms with van der Waals surface area (Å²) < 4.78 is 25.2. The molecule has 1 atom stereocenters. The summed E-state index contributed by atoms with van der Waals surface area (Å²) in [5.74, 6) is 0.668. The lowest BCUT2D eigenvalue weighted by Gasteiger charge is -2.55. The van der Waals surface area contributed by atoms with Gasteiger partial charge in [-0.2, -0.15) is 0 Å². The van der Waals surface area contributed by atoms with Crippen LogP contribution in [0.5, 0.6) is 0 Å². The number of carbonyl (C=O) groups excluding carboxylic acids is 3. The number of amides is 1. The van der Waals surface area contributed by atoms with E-state index in [0.717, 1.165) is 74.5 Å². The highest BCUT2D eigenvalue weighted by Gasteiger charge is 2.49. The van der Waals surface area contributed by atoms with Gasteiger partial charge in [-0.05, 0) is 130 Å². The zero-order valence-corrected chi connectivity index (χ0v) is 41.6. The van der Waals surface area contributed by atoms with E-state index in [1.165, 1.54) is 87.8 Å². The Balaban J connectivity index is 0.000000921. The molecule has 7 nitrogen and oxygen atoms in total. The lowest BCUT2D eigenvalue weighted by Crippen LogP contribution is -2.61. The number of rotatable bonds is 13. The Kier molecular flexibility index (Phi) is 20.7. The van der Waals surface area contributed by atoms with E-state index in [2.05, 4.69) is 80.6 Å². The van der Waals surface area contributed by atoms with Gasteiger partial charge in [0.15, 0.2) is 5.78 Å². The van der Waals surface area contributed by atoms with Crippen LogP contribution in [0.1, 0.15) is 153 Å². The standard InChI is InChI=1S/C48H61BrFN3O2.C3H8.C2H5NO.CH3F/c1-6-11-39(30-54)41-19-18-40(28-43(41)50)52-25-23-47(24-26-52)31-51(32-47)29-36-13-15-37(16-14-36)38-17-20-42-45(27-38)53(35(5)48(42)21-9-8-10-22-48)44(12-7-2)46(33(3)49)34(4)55;1-3-2;1-3-2-4;1-2/h7,12,17-20,27-28,30,36-37,39H,3,5-6,8-11,13-16,21-26,29,31-32H2,1-2,4H3;3H2,1-2H3;2H,1H3,(H,3,4);1H3/b12-7-,46-44-;;;. The average Bonchev–Trinajstić information content (AvgIpc) is 3.51. The van der Waals surface area contributed by atoms with Gasteiger partial charge < -0.3 is 24.8 Å². The number of aldehydes is 1. The van der Waals surface area contributed by atoms with Crippen LogP contribution in [0, 0.1) is 17.2 Å². The summed E-state index contributed by atoms with van der Waals surface area (Å²) in [7, 11) is 2.06. The summed E-state index contributed by atoms with van der Waals surface area (Å²) in [6.07, 6.45) is 21.5. The number of halogens is 3. The van der Waals surface area contributed by atoms with Gasteiger partial charge in [-0.1, -0.05) is 106 Å². The summed E-state index contributed by atoms with van der Waals surface area (Å²) in [5.41, 5.74) is 8.35. The number of alkyl halides is 1. The second kappa shape index (κ2) is 25.1. The summed E-state index contributed by atoms with van der Waals surface area (Å²) in [6.45, 7) is 24.3. The van der Waals surface area contributed by atoms with Crippen molar-refractivity contribution in [3.63, 3.8) is 0 Å². The summed E-state index contributed by atoms with van der Waals surface area (Å²) in [6, 6.07) is 12.8. The number of benzene rings is 2. The number of hydrogen-bond acceptors (Lipinski definition) is 6. The molecule has 1 unspecified atom stereocenters. The minimum absolute atomic E-state index is 0.00232. The molecule has 2 aromatic carbocycles. The zero-order chi connectivity index (χ0) is 47.0. The fraction of sp³-hybridized carbons (Fsp3) is 0.574. The molecule has 10 heteroatoms. The number of carbonyl (C=O) groups is 3. The molecule has 2 saturated heterocycles. The zero-order valence-electron chi connectivity index (χ0n) is 40.1. The SMILES string of the molecule is C=C(Br)/C(C(C)=O)=C(\C=C/C)N1C(=C)C2(CCCCC2)c2ccc(C3CCC(CN4CC5(CCN(c6ccc(C(C=O)CCC)c(F)c6)CC5)C4)CC3)cc21.CCC.CF.CNC=O. The maximum absolute atomic E-state index is 15.1. The molecule has 7 rings (SSSR count). The maximum atomic E-state index is 15.1. The highest BCUT2D eigenvalue weighted by atomic mass is 79.9. The van der Waals surface area contributed by atoms with E-state index < -0.39 is 0 Å². The molecule has 4 fully saturated rings. The van der Waals surface area contributed by atoms with Crippen LogP contribution in [-0.2, 0) is 19.8 Å². The summed E-state index contributed by atoms with van der Waals surface area (Å²) >= 11 is 3.57. The van der Waals surface area contributed by atoms with Gasteiger partial charge in [-0.15, -0.1) is 0 Å². The molecule has 3 heterocycles. The van der Waals surface area contributed by atoms with Crippen molar-refractivity contribution in [1.82, 2.24) is 10.2 Å². The van der Waals surface area contributed by atoms with E-state index in [1.54, 1.807) is 20.0 Å². The summed E-state index contributed by atoms with van der Waals surface area (Å²) in [5, 5.41) is 2.25. The van der Waals surface area contributed by atoms with Crippen molar-refractivity contribution >= 4 is 45.8 Å². The van der Waals surface area contributed by atoms with Gasteiger partial charge in [0, 0.05) is 67.0 Å². The van der Waals surface area contributed by atoms with E-state index in [9.17, 15) is 14.0 Å².